The fourth-order valence-corrected chi connectivity index (χ4v) is 5.68. The van der Waals surface area contributed by atoms with E-state index < -0.39 is 5.41 Å². The molecule has 0 bridgehead atoms. The smallest absolute Gasteiger partial charge is 0.241 e. The van der Waals surface area contributed by atoms with Crippen LogP contribution in [0, 0.1) is 6.92 Å². The topological polar surface area (TPSA) is 57.7 Å². The molecule has 0 radical (unpaired) electrons. The van der Waals surface area contributed by atoms with Gasteiger partial charge in [-0.1, -0.05) is 37.1 Å². The van der Waals surface area contributed by atoms with Crippen molar-refractivity contribution < 1.29 is 14.4 Å². The minimum absolute atomic E-state index is 0.00454. The first-order valence-electron chi connectivity index (χ1n) is 11.2. The largest absolute Gasteiger partial charge is 0.340 e. The zero-order valence-electron chi connectivity index (χ0n) is 17.7. The fourth-order valence-electron chi connectivity index (χ4n) is 5.68. The van der Waals surface area contributed by atoms with E-state index in [1.165, 1.54) is 4.90 Å². The monoisotopic (exact) mass is 396 g/mol. The van der Waals surface area contributed by atoms with Crippen molar-refractivity contribution in [3.63, 3.8) is 0 Å². The number of amides is 3. The lowest BCUT2D eigenvalue weighted by atomic mass is 9.73. The Morgan fingerprint density at radius 1 is 1.07 bits per heavy atom. The molecule has 5 heteroatoms. The first kappa shape index (κ1) is 20.1. The van der Waals surface area contributed by atoms with Gasteiger partial charge in [0, 0.05) is 31.5 Å². The molecule has 29 heavy (non-hydrogen) atoms. The highest BCUT2D eigenvalue weighted by molar-refractivity contribution is 6.11. The number of carbonyl (C=O) groups excluding carboxylic acids is 3. The van der Waals surface area contributed by atoms with Gasteiger partial charge in [0.2, 0.25) is 17.7 Å². The number of hydrogen-bond acceptors (Lipinski definition) is 3. The number of nitrogens with zero attached hydrogens (tertiary/aromatic N) is 2. The minimum atomic E-state index is -1.06. The molecule has 3 fully saturated rings. The third-order valence-electron chi connectivity index (χ3n) is 7.28. The lowest BCUT2D eigenvalue weighted by Gasteiger charge is -2.37. The first-order valence-corrected chi connectivity index (χ1v) is 11.2. The number of likely N-dealkylation sites (tertiary alicyclic amines) is 2. The van der Waals surface area contributed by atoms with Gasteiger partial charge in [-0.25, -0.2) is 0 Å². The zero-order chi connectivity index (χ0) is 20.6. The SMILES string of the molecule is Cc1ccccc1[C@]1(CC(=O)N2CCCC[C@H]2C)CC(=O)N(C2CCCC2)C1=O. The summed E-state index contributed by atoms with van der Waals surface area (Å²) in [5.41, 5.74) is 0.762. The van der Waals surface area contributed by atoms with Gasteiger partial charge in [-0.2, -0.15) is 0 Å². The van der Waals surface area contributed by atoms with E-state index in [-0.39, 0.29) is 42.6 Å². The van der Waals surface area contributed by atoms with E-state index in [4.69, 9.17) is 0 Å². The quantitative estimate of drug-likeness (QED) is 0.729. The summed E-state index contributed by atoms with van der Waals surface area (Å²) in [7, 11) is 0. The summed E-state index contributed by atoms with van der Waals surface area (Å²) in [6.07, 6.45) is 7.25. The van der Waals surface area contributed by atoms with Gasteiger partial charge in [-0.15, -0.1) is 0 Å². The van der Waals surface area contributed by atoms with Gasteiger partial charge in [-0.3, -0.25) is 19.3 Å². The van der Waals surface area contributed by atoms with Crippen LogP contribution in [0.3, 0.4) is 0 Å². The molecule has 5 nitrogen and oxygen atoms in total. The fraction of sp³-hybridized carbons (Fsp3) is 0.625. The molecule has 2 heterocycles. The third-order valence-corrected chi connectivity index (χ3v) is 7.28. The number of benzene rings is 1. The summed E-state index contributed by atoms with van der Waals surface area (Å²) >= 11 is 0. The number of hydrogen-bond donors (Lipinski definition) is 0. The summed E-state index contributed by atoms with van der Waals surface area (Å²) in [4.78, 5) is 43.7. The maximum absolute atomic E-state index is 13.8. The molecule has 4 rings (SSSR count). The minimum Gasteiger partial charge on any atom is -0.340 e. The van der Waals surface area contributed by atoms with E-state index >= 15 is 0 Å². The predicted molar refractivity (Wildman–Crippen MR) is 111 cm³/mol. The van der Waals surface area contributed by atoms with Crippen LogP contribution in [0.15, 0.2) is 24.3 Å². The number of piperidine rings is 1. The maximum Gasteiger partial charge on any atom is 0.241 e. The Morgan fingerprint density at radius 2 is 1.76 bits per heavy atom. The highest BCUT2D eigenvalue weighted by atomic mass is 16.2. The molecule has 3 aliphatic rings. The van der Waals surface area contributed by atoms with Crippen molar-refractivity contribution in [3.05, 3.63) is 35.4 Å². The lowest BCUT2D eigenvalue weighted by Crippen LogP contribution is -2.48. The van der Waals surface area contributed by atoms with Crippen LogP contribution in [0.1, 0.15) is 75.8 Å². The first-order chi connectivity index (χ1) is 13.9. The van der Waals surface area contributed by atoms with Crippen molar-refractivity contribution in [1.29, 1.82) is 0 Å². The Morgan fingerprint density at radius 3 is 2.45 bits per heavy atom. The van der Waals surface area contributed by atoms with E-state index in [2.05, 4.69) is 6.92 Å². The van der Waals surface area contributed by atoms with Crippen molar-refractivity contribution in [2.75, 3.05) is 6.54 Å². The summed E-state index contributed by atoms with van der Waals surface area (Å²) in [5, 5.41) is 0. The van der Waals surface area contributed by atoms with Crippen LogP contribution in [-0.4, -0.2) is 46.1 Å². The molecule has 156 valence electrons. The number of imide groups is 1. The molecular weight excluding hydrogens is 364 g/mol. The molecule has 2 aliphatic heterocycles. The van der Waals surface area contributed by atoms with Crippen molar-refractivity contribution in [3.8, 4) is 0 Å². The summed E-state index contributed by atoms with van der Waals surface area (Å²) < 4.78 is 0. The maximum atomic E-state index is 13.8. The number of aryl methyl sites for hydroxylation is 1. The average molecular weight is 397 g/mol. The third kappa shape index (κ3) is 3.49. The van der Waals surface area contributed by atoms with Gasteiger partial charge in [0.15, 0.2) is 0 Å². The van der Waals surface area contributed by atoms with Crippen LogP contribution < -0.4 is 0 Å². The van der Waals surface area contributed by atoms with Crippen molar-refractivity contribution in [1.82, 2.24) is 9.80 Å². The van der Waals surface area contributed by atoms with Crippen molar-refractivity contribution >= 4 is 17.7 Å². The van der Waals surface area contributed by atoms with Crippen LogP contribution >= 0.6 is 0 Å². The lowest BCUT2D eigenvalue weighted by molar-refractivity contribution is -0.145. The molecule has 1 aromatic carbocycles. The van der Waals surface area contributed by atoms with Gasteiger partial charge in [-0.05, 0) is 57.1 Å². The summed E-state index contributed by atoms with van der Waals surface area (Å²) in [5.74, 6) is -0.249. The van der Waals surface area contributed by atoms with E-state index in [1.54, 1.807) is 0 Å². The van der Waals surface area contributed by atoms with E-state index in [1.807, 2.05) is 36.1 Å². The zero-order valence-corrected chi connectivity index (χ0v) is 17.7. The number of carbonyl (C=O) groups is 3. The average Bonchev–Trinajstić information content (AvgIpc) is 3.29. The van der Waals surface area contributed by atoms with Gasteiger partial charge >= 0.3 is 0 Å². The molecule has 2 atom stereocenters. The standard InChI is InChI=1S/C24H32N2O3/c1-17-9-3-6-13-20(17)24(15-21(27)25-14-8-7-10-18(25)2)16-22(28)26(23(24)29)19-11-4-5-12-19/h3,6,9,13,18-19H,4-5,7-8,10-12,14-16H2,1-2H3/t18-,24+/m1/s1. The Balaban J connectivity index is 1.71. The van der Waals surface area contributed by atoms with E-state index in [0.717, 1.165) is 62.6 Å². The molecule has 0 aromatic heterocycles. The molecule has 2 saturated heterocycles. The second-order valence-electron chi connectivity index (χ2n) is 9.19. The predicted octanol–water partition coefficient (Wildman–Crippen LogP) is 3.73. The van der Waals surface area contributed by atoms with Gasteiger partial charge in [0.25, 0.3) is 0 Å². The van der Waals surface area contributed by atoms with Gasteiger partial charge in [0.05, 0.1) is 5.41 Å². The van der Waals surface area contributed by atoms with E-state index in [0.29, 0.717) is 0 Å². The van der Waals surface area contributed by atoms with Crippen LogP contribution in [-0.2, 0) is 19.8 Å². The van der Waals surface area contributed by atoms with Crippen LogP contribution in [0.25, 0.3) is 0 Å². The summed E-state index contributed by atoms with van der Waals surface area (Å²) in [6.45, 7) is 4.81. The Hall–Kier alpha value is -2.17. The van der Waals surface area contributed by atoms with Crippen LogP contribution in [0.4, 0.5) is 0 Å². The van der Waals surface area contributed by atoms with Crippen molar-refractivity contribution in [2.24, 2.45) is 0 Å². The molecule has 1 saturated carbocycles. The van der Waals surface area contributed by atoms with E-state index in [9.17, 15) is 14.4 Å². The van der Waals surface area contributed by atoms with Crippen LogP contribution in [0.2, 0.25) is 0 Å². The Labute approximate surface area is 173 Å². The molecular formula is C24H32N2O3. The molecule has 0 unspecified atom stereocenters. The highest BCUT2D eigenvalue weighted by Crippen LogP contribution is 2.44. The highest BCUT2D eigenvalue weighted by Gasteiger charge is 2.56. The summed E-state index contributed by atoms with van der Waals surface area (Å²) in [6, 6.07) is 7.96. The second-order valence-corrected chi connectivity index (χ2v) is 9.19. The molecule has 0 N–H and O–H groups in total. The van der Waals surface area contributed by atoms with Gasteiger partial charge in [0.1, 0.15) is 0 Å². The number of rotatable bonds is 4. The molecule has 1 aromatic rings. The van der Waals surface area contributed by atoms with Crippen molar-refractivity contribution in [2.45, 2.75) is 89.1 Å². The molecule has 0 spiro atoms. The van der Waals surface area contributed by atoms with Gasteiger partial charge < -0.3 is 4.90 Å². The molecule has 1 aliphatic carbocycles. The Kier molecular flexibility index (Phi) is 5.50. The molecule has 3 amide bonds. The Bertz CT molecular complexity index is 814. The van der Waals surface area contributed by atoms with Crippen LogP contribution in [0.5, 0.6) is 0 Å². The second kappa shape index (κ2) is 7.92. The normalized spacial score (nSPS) is 28.4.